The highest BCUT2D eigenvalue weighted by Gasteiger charge is 2.25. The Bertz CT molecular complexity index is 2560. The van der Waals surface area contributed by atoms with Crippen LogP contribution in [0.2, 0.25) is 0 Å². The first-order chi connectivity index (χ1) is 22.3. The lowest BCUT2D eigenvalue weighted by Gasteiger charge is -2.13. The zero-order chi connectivity index (χ0) is 29.5. The van der Waals surface area contributed by atoms with E-state index in [2.05, 4.69) is 89.5 Å². The summed E-state index contributed by atoms with van der Waals surface area (Å²) in [6.07, 6.45) is 1.83. The molecule has 3 aromatic heterocycles. The van der Waals surface area contributed by atoms with Gasteiger partial charge in [-0.2, -0.15) is 0 Å². The number of nitrogens with zero attached hydrogens (tertiary/aromatic N) is 5. The molecule has 5 nitrogen and oxygen atoms in total. The number of para-hydroxylation sites is 2. The van der Waals surface area contributed by atoms with Gasteiger partial charge in [-0.25, -0.2) is 19.9 Å². The molecule has 6 aromatic carbocycles. The average Bonchev–Trinajstić information content (AvgIpc) is 3.39. The molecule has 208 valence electrons. The molecule has 9 aromatic rings. The Morgan fingerprint density at radius 3 is 1.62 bits per heavy atom. The quantitative estimate of drug-likeness (QED) is 0.211. The Kier molecular flexibility index (Phi) is 4.93. The Balaban J connectivity index is 1.27. The van der Waals surface area contributed by atoms with Crippen molar-refractivity contribution in [3.63, 3.8) is 0 Å². The molecule has 0 saturated heterocycles. The van der Waals surface area contributed by atoms with E-state index in [1.165, 1.54) is 43.8 Å². The molecular formula is C40H23N5. The zero-order valence-corrected chi connectivity index (χ0v) is 24.0. The van der Waals surface area contributed by atoms with Crippen LogP contribution in [-0.4, -0.2) is 24.5 Å². The number of rotatable bonds is 3. The van der Waals surface area contributed by atoms with Crippen LogP contribution >= 0.6 is 0 Å². The molecule has 1 aliphatic rings. The predicted molar refractivity (Wildman–Crippen MR) is 182 cm³/mol. The van der Waals surface area contributed by atoms with E-state index in [0.717, 1.165) is 44.7 Å². The summed E-state index contributed by atoms with van der Waals surface area (Å²) in [5.41, 5.74) is 12.0. The standard InChI is InChI=1S/C40H23N5/c1-2-10-25(11-3-1)38-39(43-31-19-5-4-18-30(31)42-38)32-22-23-41-40(44-32)45-33-20-8-16-28-26-14-6-12-24-13-7-15-27(35(24)26)29-17-9-21-34(45)37(29)36(28)33/h1-23H. The van der Waals surface area contributed by atoms with Crippen LogP contribution in [0.1, 0.15) is 0 Å². The maximum absolute atomic E-state index is 5.21. The fourth-order valence-corrected chi connectivity index (χ4v) is 7.13. The third kappa shape index (κ3) is 3.43. The van der Waals surface area contributed by atoms with Crippen molar-refractivity contribution in [2.75, 3.05) is 0 Å². The first kappa shape index (κ1) is 24.3. The molecule has 3 heterocycles. The smallest absolute Gasteiger partial charge is 0.235 e. The summed E-state index contributed by atoms with van der Waals surface area (Å²) in [4.78, 5) is 20.2. The summed E-state index contributed by atoms with van der Waals surface area (Å²) in [5, 5.41) is 4.98. The Labute approximate surface area is 258 Å². The SMILES string of the molecule is c1ccc(-c2nc3ccccc3nc2-c2ccnc(-n3c4cccc5c4c4c(cccc43)-c3cccc4cccc-5c34)n2)cc1. The van der Waals surface area contributed by atoms with E-state index in [9.17, 15) is 0 Å². The molecule has 0 N–H and O–H groups in total. The van der Waals surface area contributed by atoms with E-state index in [1.807, 2.05) is 54.7 Å². The number of hydrogen-bond acceptors (Lipinski definition) is 4. The van der Waals surface area contributed by atoms with Gasteiger partial charge in [-0.3, -0.25) is 4.57 Å². The lowest BCUT2D eigenvalue weighted by Crippen LogP contribution is -2.04. The minimum Gasteiger partial charge on any atom is -0.278 e. The predicted octanol–water partition coefficient (Wildman–Crippen LogP) is 9.65. The second kappa shape index (κ2) is 9.15. The summed E-state index contributed by atoms with van der Waals surface area (Å²) in [6.45, 7) is 0. The van der Waals surface area contributed by atoms with Gasteiger partial charge in [0.05, 0.1) is 33.5 Å². The van der Waals surface area contributed by atoms with Crippen molar-refractivity contribution in [1.82, 2.24) is 24.5 Å². The van der Waals surface area contributed by atoms with E-state index >= 15 is 0 Å². The van der Waals surface area contributed by atoms with Gasteiger partial charge >= 0.3 is 0 Å². The van der Waals surface area contributed by atoms with Crippen molar-refractivity contribution in [3.05, 3.63) is 140 Å². The molecule has 0 saturated carbocycles. The molecule has 0 unspecified atom stereocenters. The van der Waals surface area contributed by atoms with Gasteiger partial charge in [-0.05, 0) is 63.4 Å². The van der Waals surface area contributed by atoms with Gasteiger partial charge in [0.1, 0.15) is 5.69 Å². The van der Waals surface area contributed by atoms with Gasteiger partial charge in [0.15, 0.2) is 0 Å². The van der Waals surface area contributed by atoms with Crippen LogP contribution < -0.4 is 0 Å². The van der Waals surface area contributed by atoms with E-state index in [4.69, 9.17) is 19.9 Å². The normalized spacial score (nSPS) is 12.0. The topological polar surface area (TPSA) is 56.5 Å². The second-order valence-electron chi connectivity index (χ2n) is 11.5. The van der Waals surface area contributed by atoms with Crippen molar-refractivity contribution in [2.24, 2.45) is 0 Å². The summed E-state index contributed by atoms with van der Waals surface area (Å²) >= 11 is 0. The van der Waals surface area contributed by atoms with Crippen molar-refractivity contribution >= 4 is 43.6 Å². The van der Waals surface area contributed by atoms with Crippen molar-refractivity contribution < 1.29 is 0 Å². The summed E-state index contributed by atoms with van der Waals surface area (Å²) in [7, 11) is 0. The first-order valence-electron chi connectivity index (χ1n) is 15.1. The van der Waals surface area contributed by atoms with E-state index in [1.54, 1.807) is 0 Å². The Morgan fingerprint density at radius 1 is 0.422 bits per heavy atom. The third-order valence-corrected chi connectivity index (χ3v) is 9.01. The first-order valence-corrected chi connectivity index (χ1v) is 15.1. The third-order valence-electron chi connectivity index (χ3n) is 9.01. The summed E-state index contributed by atoms with van der Waals surface area (Å²) in [5.74, 6) is 0.600. The van der Waals surface area contributed by atoms with Gasteiger partial charge in [-0.1, -0.05) is 103 Å². The summed E-state index contributed by atoms with van der Waals surface area (Å²) < 4.78 is 2.20. The number of benzene rings is 6. The molecule has 0 spiro atoms. The Morgan fingerprint density at radius 2 is 0.978 bits per heavy atom. The minimum absolute atomic E-state index is 0.600. The van der Waals surface area contributed by atoms with Gasteiger partial charge in [0.2, 0.25) is 5.95 Å². The second-order valence-corrected chi connectivity index (χ2v) is 11.5. The van der Waals surface area contributed by atoms with Crippen LogP contribution in [0, 0.1) is 0 Å². The lowest BCUT2D eigenvalue weighted by molar-refractivity contribution is 0.989. The monoisotopic (exact) mass is 573 g/mol. The minimum atomic E-state index is 0.600. The van der Waals surface area contributed by atoms with Crippen LogP contribution in [0.5, 0.6) is 0 Å². The maximum atomic E-state index is 5.21. The van der Waals surface area contributed by atoms with Crippen LogP contribution in [0.25, 0.3) is 94.5 Å². The fourth-order valence-electron chi connectivity index (χ4n) is 7.13. The van der Waals surface area contributed by atoms with Crippen molar-refractivity contribution in [3.8, 4) is 50.8 Å². The molecule has 0 amide bonds. The highest BCUT2D eigenvalue weighted by molar-refractivity contribution is 6.27. The highest BCUT2D eigenvalue weighted by atomic mass is 15.2. The zero-order valence-electron chi connectivity index (χ0n) is 24.0. The number of hydrogen-bond donors (Lipinski definition) is 0. The highest BCUT2D eigenvalue weighted by Crippen LogP contribution is 2.49. The number of fused-ring (bicyclic) bond motifs is 3. The molecule has 45 heavy (non-hydrogen) atoms. The van der Waals surface area contributed by atoms with Gasteiger partial charge in [0, 0.05) is 22.5 Å². The molecular weight excluding hydrogens is 550 g/mol. The fraction of sp³-hybridized carbons (Fsp3) is 0. The van der Waals surface area contributed by atoms with Gasteiger partial charge in [0.25, 0.3) is 0 Å². The maximum Gasteiger partial charge on any atom is 0.235 e. The molecule has 1 aliphatic carbocycles. The van der Waals surface area contributed by atoms with Gasteiger partial charge in [-0.15, -0.1) is 0 Å². The molecule has 0 atom stereocenters. The molecule has 0 bridgehead atoms. The molecule has 0 fully saturated rings. The van der Waals surface area contributed by atoms with E-state index < -0.39 is 0 Å². The van der Waals surface area contributed by atoms with Crippen molar-refractivity contribution in [1.29, 1.82) is 0 Å². The van der Waals surface area contributed by atoms with E-state index in [-0.39, 0.29) is 0 Å². The summed E-state index contributed by atoms with van der Waals surface area (Å²) in [6, 6.07) is 46.5. The molecule has 5 heteroatoms. The molecule has 0 radical (unpaired) electrons. The van der Waals surface area contributed by atoms with E-state index in [0.29, 0.717) is 5.95 Å². The average molecular weight is 574 g/mol. The van der Waals surface area contributed by atoms with Crippen LogP contribution in [0.15, 0.2) is 140 Å². The van der Waals surface area contributed by atoms with Gasteiger partial charge < -0.3 is 0 Å². The van der Waals surface area contributed by atoms with Crippen molar-refractivity contribution in [2.45, 2.75) is 0 Å². The largest absolute Gasteiger partial charge is 0.278 e. The lowest BCUT2D eigenvalue weighted by atomic mass is 9.93. The van der Waals surface area contributed by atoms with Crippen LogP contribution in [0.4, 0.5) is 0 Å². The Hall–Kier alpha value is -6.20. The molecule has 10 rings (SSSR count). The van der Waals surface area contributed by atoms with Crippen LogP contribution in [0.3, 0.4) is 0 Å². The number of aromatic nitrogens is 5. The molecule has 0 aliphatic heterocycles. The van der Waals surface area contributed by atoms with Crippen LogP contribution in [-0.2, 0) is 0 Å².